The van der Waals surface area contributed by atoms with E-state index in [9.17, 15) is 18.0 Å². The molecule has 1 aromatic rings. The first-order valence-electron chi connectivity index (χ1n) is 4.17. The van der Waals surface area contributed by atoms with Gasteiger partial charge in [-0.05, 0) is 25.0 Å². The molecule has 0 aliphatic heterocycles. The quantitative estimate of drug-likeness (QED) is 0.693. The predicted octanol–water partition coefficient (Wildman–Crippen LogP) is 2.69. The van der Waals surface area contributed by atoms with Gasteiger partial charge in [-0.15, -0.1) is 0 Å². The summed E-state index contributed by atoms with van der Waals surface area (Å²) in [5, 5.41) is 0. The lowest BCUT2D eigenvalue weighted by Crippen LogP contribution is -2.41. The minimum atomic E-state index is -2.17. The summed E-state index contributed by atoms with van der Waals surface area (Å²) in [4.78, 5) is 10.2. The summed E-state index contributed by atoms with van der Waals surface area (Å²) in [6, 6.07) is 0.317. The van der Waals surface area contributed by atoms with Crippen molar-refractivity contribution in [2.45, 2.75) is 24.7 Å². The Morgan fingerprint density at radius 3 is 2.64 bits per heavy atom. The van der Waals surface area contributed by atoms with Gasteiger partial charge < -0.3 is 4.42 Å². The lowest BCUT2D eigenvalue weighted by molar-refractivity contribution is -0.0589. The molecule has 0 amide bonds. The van der Waals surface area contributed by atoms with E-state index in [4.69, 9.17) is 0 Å². The van der Waals surface area contributed by atoms with Crippen LogP contribution in [-0.4, -0.2) is 12.2 Å². The molecule has 0 N–H and O–H groups in total. The molecule has 0 spiro atoms. The van der Waals surface area contributed by atoms with Crippen molar-refractivity contribution in [1.82, 2.24) is 0 Å². The topological polar surface area (TPSA) is 30.2 Å². The van der Waals surface area contributed by atoms with E-state index in [0.717, 1.165) is 12.1 Å². The standard InChI is InChI=1S/C9H7F3O2/c10-6-3-4-9(6,12)7-2-1-5(14-7)8(11)13/h1-2,6H,3-4H2. The maximum Gasteiger partial charge on any atom is 0.367 e. The van der Waals surface area contributed by atoms with Gasteiger partial charge in [0.1, 0.15) is 11.9 Å². The van der Waals surface area contributed by atoms with Crippen molar-refractivity contribution in [1.29, 1.82) is 0 Å². The first-order chi connectivity index (χ1) is 6.54. The van der Waals surface area contributed by atoms with Crippen molar-refractivity contribution < 1.29 is 22.4 Å². The van der Waals surface area contributed by atoms with Gasteiger partial charge in [0.15, 0.2) is 5.67 Å². The Hall–Kier alpha value is -1.26. The summed E-state index contributed by atoms with van der Waals surface area (Å²) in [7, 11) is 0. The summed E-state index contributed by atoms with van der Waals surface area (Å²) in [5.74, 6) is -0.895. The zero-order chi connectivity index (χ0) is 10.3. The molecule has 1 aromatic heterocycles. The van der Waals surface area contributed by atoms with Gasteiger partial charge in [0, 0.05) is 0 Å². The Kier molecular flexibility index (Phi) is 1.90. The van der Waals surface area contributed by atoms with Crippen molar-refractivity contribution in [3.8, 4) is 0 Å². The van der Waals surface area contributed by atoms with Crippen LogP contribution < -0.4 is 0 Å². The highest BCUT2D eigenvalue weighted by Crippen LogP contribution is 2.47. The van der Waals surface area contributed by atoms with E-state index in [1.54, 1.807) is 0 Å². The lowest BCUT2D eigenvalue weighted by atomic mass is 9.78. The monoisotopic (exact) mass is 204 g/mol. The fourth-order valence-electron chi connectivity index (χ4n) is 1.45. The van der Waals surface area contributed by atoms with Crippen LogP contribution in [0.2, 0.25) is 0 Å². The maximum atomic E-state index is 13.6. The molecule has 2 atom stereocenters. The van der Waals surface area contributed by atoms with E-state index in [-0.39, 0.29) is 18.6 Å². The van der Waals surface area contributed by atoms with E-state index >= 15 is 0 Å². The zero-order valence-electron chi connectivity index (χ0n) is 7.10. The summed E-state index contributed by atoms with van der Waals surface area (Å²) in [5.41, 5.74) is -2.17. The number of alkyl halides is 2. The van der Waals surface area contributed by atoms with E-state index in [1.165, 1.54) is 0 Å². The van der Waals surface area contributed by atoms with Crippen LogP contribution in [0.5, 0.6) is 0 Å². The molecule has 0 radical (unpaired) electrons. The highest BCUT2D eigenvalue weighted by atomic mass is 19.2. The number of carbonyl (C=O) groups is 1. The molecular weight excluding hydrogens is 197 g/mol. The number of hydrogen-bond acceptors (Lipinski definition) is 2. The summed E-state index contributed by atoms with van der Waals surface area (Å²) in [6.07, 6.45) is -1.51. The second-order valence-corrected chi connectivity index (χ2v) is 3.31. The van der Waals surface area contributed by atoms with Crippen LogP contribution in [0.3, 0.4) is 0 Å². The molecule has 0 bridgehead atoms. The van der Waals surface area contributed by atoms with E-state index < -0.39 is 23.6 Å². The highest BCUT2D eigenvalue weighted by molar-refractivity contribution is 5.85. The van der Waals surface area contributed by atoms with Gasteiger partial charge in [-0.2, -0.15) is 4.39 Å². The van der Waals surface area contributed by atoms with E-state index in [2.05, 4.69) is 4.42 Å². The van der Waals surface area contributed by atoms with Gasteiger partial charge in [0.25, 0.3) is 0 Å². The van der Waals surface area contributed by atoms with Gasteiger partial charge >= 0.3 is 6.04 Å². The fourth-order valence-corrected chi connectivity index (χ4v) is 1.45. The van der Waals surface area contributed by atoms with Crippen LogP contribution in [0, 0.1) is 0 Å². The Morgan fingerprint density at radius 1 is 1.57 bits per heavy atom. The summed E-state index contributed by atoms with van der Waals surface area (Å²) >= 11 is 0. The van der Waals surface area contributed by atoms with Gasteiger partial charge in [-0.1, -0.05) is 0 Å². The Balaban J connectivity index is 2.29. The molecule has 1 fully saturated rings. The number of furan rings is 1. The van der Waals surface area contributed by atoms with Crippen LogP contribution in [0.25, 0.3) is 0 Å². The predicted molar refractivity (Wildman–Crippen MR) is 41.1 cm³/mol. The molecular formula is C9H7F3O2. The molecule has 0 aromatic carbocycles. The third-order valence-corrected chi connectivity index (χ3v) is 2.47. The van der Waals surface area contributed by atoms with Gasteiger partial charge in [0.2, 0.25) is 5.76 Å². The van der Waals surface area contributed by atoms with Crippen LogP contribution in [0.1, 0.15) is 29.2 Å². The molecule has 1 aliphatic rings. The molecule has 2 rings (SSSR count). The van der Waals surface area contributed by atoms with Crippen molar-refractivity contribution >= 4 is 6.04 Å². The molecule has 1 saturated carbocycles. The summed E-state index contributed by atoms with van der Waals surface area (Å²) in [6.45, 7) is 0. The summed E-state index contributed by atoms with van der Waals surface area (Å²) < 4.78 is 43.1. The minimum absolute atomic E-state index is 0.00158. The Bertz CT molecular complexity index is 374. The van der Waals surface area contributed by atoms with Crippen LogP contribution in [0.4, 0.5) is 13.2 Å². The first kappa shape index (κ1) is 9.30. The van der Waals surface area contributed by atoms with Gasteiger partial charge in [0.05, 0.1) is 0 Å². The normalized spacial score (nSPS) is 31.2. The molecule has 1 aliphatic carbocycles. The average molecular weight is 204 g/mol. The third kappa shape index (κ3) is 1.15. The van der Waals surface area contributed by atoms with Crippen molar-refractivity contribution in [2.24, 2.45) is 0 Å². The molecule has 5 heteroatoms. The van der Waals surface area contributed by atoms with Crippen LogP contribution in [0.15, 0.2) is 16.5 Å². The zero-order valence-corrected chi connectivity index (χ0v) is 7.10. The number of carbonyl (C=O) groups excluding carboxylic acids is 1. The van der Waals surface area contributed by atoms with E-state index in [1.807, 2.05) is 0 Å². The Morgan fingerprint density at radius 2 is 2.29 bits per heavy atom. The van der Waals surface area contributed by atoms with Crippen molar-refractivity contribution in [3.63, 3.8) is 0 Å². The first-order valence-corrected chi connectivity index (χ1v) is 4.17. The third-order valence-electron chi connectivity index (χ3n) is 2.47. The smallest absolute Gasteiger partial charge is 0.367 e. The average Bonchev–Trinajstić information content (AvgIpc) is 2.63. The van der Waals surface area contributed by atoms with Gasteiger partial charge in [-0.25, -0.2) is 8.78 Å². The molecule has 2 unspecified atom stereocenters. The van der Waals surface area contributed by atoms with E-state index in [0.29, 0.717) is 0 Å². The van der Waals surface area contributed by atoms with Gasteiger partial charge in [-0.3, -0.25) is 4.79 Å². The largest absolute Gasteiger partial charge is 0.451 e. The number of halogens is 3. The Labute approximate surface area is 77.7 Å². The van der Waals surface area contributed by atoms with Crippen LogP contribution >= 0.6 is 0 Å². The highest BCUT2D eigenvalue weighted by Gasteiger charge is 2.52. The fraction of sp³-hybridized carbons (Fsp3) is 0.444. The minimum Gasteiger partial charge on any atom is -0.451 e. The molecule has 1 heterocycles. The number of hydrogen-bond donors (Lipinski definition) is 0. The van der Waals surface area contributed by atoms with Crippen molar-refractivity contribution in [3.05, 3.63) is 23.7 Å². The van der Waals surface area contributed by atoms with Crippen molar-refractivity contribution in [2.75, 3.05) is 0 Å². The lowest BCUT2D eigenvalue weighted by Gasteiger charge is -2.35. The molecule has 76 valence electrons. The number of rotatable bonds is 2. The maximum absolute atomic E-state index is 13.6. The SMILES string of the molecule is O=C(F)c1ccc(C2(F)CCC2F)o1. The second-order valence-electron chi connectivity index (χ2n) is 3.31. The molecule has 0 saturated heterocycles. The molecule has 2 nitrogen and oxygen atoms in total. The second kappa shape index (κ2) is 2.87. The molecule has 14 heavy (non-hydrogen) atoms. The van der Waals surface area contributed by atoms with Crippen LogP contribution in [-0.2, 0) is 5.67 Å².